The molecule has 7 nitrogen and oxygen atoms in total. The Labute approximate surface area is 156 Å². The molecule has 1 aromatic rings. The van der Waals surface area contributed by atoms with Crippen molar-refractivity contribution >= 4 is 11.9 Å². The quantitative estimate of drug-likeness (QED) is 0.695. The molecule has 27 heavy (non-hydrogen) atoms. The van der Waals surface area contributed by atoms with E-state index < -0.39 is 24.8 Å². The molecule has 2 heterocycles. The second kappa shape index (κ2) is 8.73. The summed E-state index contributed by atoms with van der Waals surface area (Å²) in [7, 11) is 3.97. The summed E-state index contributed by atoms with van der Waals surface area (Å²) < 4.78 is 44.2. The fourth-order valence-electron chi connectivity index (χ4n) is 3.24. The van der Waals surface area contributed by atoms with Crippen molar-refractivity contribution in [1.82, 2.24) is 19.4 Å². The number of aromatic nitrogens is 2. The van der Waals surface area contributed by atoms with Gasteiger partial charge in [-0.2, -0.15) is 13.2 Å². The first-order valence-electron chi connectivity index (χ1n) is 8.76. The molecule has 2 rings (SSSR count). The Hall–Kier alpha value is -2.10. The molecule has 0 N–H and O–H groups in total. The van der Waals surface area contributed by atoms with E-state index in [2.05, 4.69) is 9.88 Å². The van der Waals surface area contributed by atoms with E-state index in [1.807, 2.05) is 14.1 Å². The molecular formula is C17H25F3N4O3. The second-order valence-corrected chi connectivity index (χ2v) is 6.91. The maximum Gasteiger partial charge on any atom is 0.406 e. The average molecular weight is 390 g/mol. The minimum atomic E-state index is -4.45. The van der Waals surface area contributed by atoms with Crippen LogP contribution in [-0.2, 0) is 20.9 Å². The summed E-state index contributed by atoms with van der Waals surface area (Å²) in [5.41, 5.74) is 0. The molecule has 0 bridgehead atoms. The minimum Gasteiger partial charge on any atom is -0.454 e. The number of rotatable bonds is 6. The summed E-state index contributed by atoms with van der Waals surface area (Å²) in [4.78, 5) is 31.7. The molecule has 0 aromatic carbocycles. The highest BCUT2D eigenvalue weighted by Gasteiger charge is 2.33. The van der Waals surface area contributed by atoms with Crippen molar-refractivity contribution in [3.8, 4) is 0 Å². The highest BCUT2D eigenvalue weighted by molar-refractivity contribution is 5.77. The summed E-state index contributed by atoms with van der Waals surface area (Å²) in [6.07, 6.45) is -1.84. The third-order valence-corrected chi connectivity index (χ3v) is 4.60. The molecule has 1 aliphatic rings. The molecule has 1 aliphatic heterocycles. The van der Waals surface area contributed by atoms with Crippen molar-refractivity contribution in [2.45, 2.75) is 51.1 Å². The Morgan fingerprint density at radius 1 is 1.33 bits per heavy atom. The van der Waals surface area contributed by atoms with Crippen molar-refractivity contribution in [2.75, 3.05) is 27.2 Å². The van der Waals surface area contributed by atoms with Gasteiger partial charge in [0.05, 0.1) is 6.42 Å². The van der Waals surface area contributed by atoms with Gasteiger partial charge in [-0.05, 0) is 26.9 Å². The van der Waals surface area contributed by atoms with Crippen LogP contribution in [0.15, 0.2) is 12.4 Å². The first kappa shape index (κ1) is 21.2. The average Bonchev–Trinajstić information content (AvgIpc) is 2.99. The van der Waals surface area contributed by atoms with Crippen molar-refractivity contribution < 1.29 is 27.5 Å². The summed E-state index contributed by atoms with van der Waals surface area (Å²) >= 11 is 0. The number of likely N-dealkylation sites (tertiary alicyclic amines) is 1. The van der Waals surface area contributed by atoms with Crippen molar-refractivity contribution in [2.24, 2.45) is 0 Å². The van der Waals surface area contributed by atoms with Crippen molar-refractivity contribution in [3.63, 3.8) is 0 Å². The van der Waals surface area contributed by atoms with Crippen LogP contribution in [0.2, 0.25) is 0 Å². The maximum absolute atomic E-state index is 12.7. The van der Waals surface area contributed by atoms with Crippen LogP contribution in [0.1, 0.15) is 38.1 Å². The summed E-state index contributed by atoms with van der Waals surface area (Å²) in [6.45, 7) is 1.01. The van der Waals surface area contributed by atoms with Gasteiger partial charge < -0.3 is 19.1 Å². The van der Waals surface area contributed by atoms with Crippen LogP contribution in [0.5, 0.6) is 0 Å². The Kier molecular flexibility index (Phi) is 6.85. The van der Waals surface area contributed by atoms with E-state index in [-0.39, 0.29) is 18.2 Å². The number of alkyl halides is 3. The largest absolute Gasteiger partial charge is 0.454 e. The number of ether oxygens (including phenoxy) is 1. The van der Waals surface area contributed by atoms with E-state index in [0.29, 0.717) is 19.1 Å². The van der Waals surface area contributed by atoms with Gasteiger partial charge in [0.25, 0.3) is 0 Å². The summed E-state index contributed by atoms with van der Waals surface area (Å²) in [6, 6.07) is 0.393. The van der Waals surface area contributed by atoms with Gasteiger partial charge >= 0.3 is 12.1 Å². The number of hydrogen-bond donors (Lipinski definition) is 0. The van der Waals surface area contributed by atoms with Gasteiger partial charge in [-0.15, -0.1) is 0 Å². The molecule has 0 radical (unpaired) electrons. The zero-order valence-corrected chi connectivity index (χ0v) is 15.7. The predicted octanol–water partition coefficient (Wildman–Crippen LogP) is 1.99. The van der Waals surface area contributed by atoms with Gasteiger partial charge in [0, 0.05) is 38.4 Å². The lowest BCUT2D eigenvalue weighted by Crippen LogP contribution is -2.45. The van der Waals surface area contributed by atoms with Gasteiger partial charge in [-0.25, -0.2) is 4.98 Å². The lowest BCUT2D eigenvalue weighted by atomic mass is 10.0. The summed E-state index contributed by atoms with van der Waals surface area (Å²) in [5.74, 6) is -1.03. The molecule has 1 amide bonds. The number of amides is 1. The fraction of sp³-hybridized carbons (Fsp3) is 0.706. The highest BCUT2D eigenvalue weighted by Crippen LogP contribution is 2.26. The van der Waals surface area contributed by atoms with Crippen LogP contribution in [0, 0.1) is 0 Å². The Bertz CT molecular complexity index is 652. The van der Waals surface area contributed by atoms with E-state index >= 15 is 0 Å². The van der Waals surface area contributed by atoms with E-state index in [0.717, 1.165) is 30.5 Å². The zero-order chi connectivity index (χ0) is 20.2. The van der Waals surface area contributed by atoms with E-state index in [4.69, 9.17) is 4.74 Å². The van der Waals surface area contributed by atoms with Gasteiger partial charge in [0.2, 0.25) is 5.91 Å². The first-order valence-corrected chi connectivity index (χ1v) is 8.76. The van der Waals surface area contributed by atoms with E-state index in [1.165, 1.54) is 6.20 Å². The van der Waals surface area contributed by atoms with E-state index in [1.54, 1.807) is 4.90 Å². The number of imidazole rings is 1. The number of halogens is 3. The van der Waals surface area contributed by atoms with Crippen LogP contribution >= 0.6 is 0 Å². The smallest absolute Gasteiger partial charge is 0.406 e. The lowest BCUT2D eigenvalue weighted by molar-refractivity contribution is -0.151. The van der Waals surface area contributed by atoms with Gasteiger partial charge in [0.1, 0.15) is 6.54 Å². The lowest BCUT2D eigenvalue weighted by Gasteiger charge is -2.35. The molecule has 0 saturated carbocycles. The third kappa shape index (κ3) is 6.23. The SMILES string of the molecule is CC(=O)OC(CC(=O)N1CCC(N(C)C)CC1)c1nccn1CC(F)(F)F. The summed E-state index contributed by atoms with van der Waals surface area (Å²) in [5, 5.41) is 0. The minimum absolute atomic E-state index is 0.0842. The molecule has 1 atom stereocenters. The maximum atomic E-state index is 12.7. The zero-order valence-electron chi connectivity index (χ0n) is 15.7. The normalized spacial score (nSPS) is 17.2. The second-order valence-electron chi connectivity index (χ2n) is 6.91. The van der Waals surface area contributed by atoms with Gasteiger partial charge in [0.15, 0.2) is 11.9 Å². The van der Waals surface area contributed by atoms with Crippen molar-refractivity contribution in [1.29, 1.82) is 0 Å². The number of esters is 1. The number of carbonyl (C=O) groups is 2. The molecule has 0 aliphatic carbocycles. The highest BCUT2D eigenvalue weighted by atomic mass is 19.4. The third-order valence-electron chi connectivity index (χ3n) is 4.60. The standard InChI is InChI=1S/C17H25F3N4O3/c1-12(25)27-14(16-21-6-9-24(16)11-17(18,19)20)10-15(26)23-7-4-13(5-8-23)22(2)3/h6,9,13-14H,4-5,7-8,10-11H2,1-3H3. The molecular weight excluding hydrogens is 365 g/mol. The predicted molar refractivity (Wildman–Crippen MR) is 90.7 cm³/mol. The Balaban J connectivity index is 2.08. The van der Waals surface area contributed by atoms with Crippen LogP contribution in [0.3, 0.4) is 0 Å². The Morgan fingerprint density at radius 3 is 2.48 bits per heavy atom. The fourth-order valence-corrected chi connectivity index (χ4v) is 3.24. The Morgan fingerprint density at radius 2 is 1.96 bits per heavy atom. The first-order chi connectivity index (χ1) is 12.6. The molecule has 1 fully saturated rings. The molecule has 1 saturated heterocycles. The van der Waals surface area contributed by atoms with Crippen LogP contribution < -0.4 is 0 Å². The molecule has 152 valence electrons. The van der Waals surface area contributed by atoms with Crippen molar-refractivity contribution in [3.05, 3.63) is 18.2 Å². The van der Waals surface area contributed by atoms with Gasteiger partial charge in [-0.3, -0.25) is 9.59 Å². The van der Waals surface area contributed by atoms with E-state index in [9.17, 15) is 22.8 Å². The monoisotopic (exact) mass is 390 g/mol. The number of nitrogens with zero attached hydrogens (tertiary/aromatic N) is 4. The van der Waals surface area contributed by atoms with Crippen LogP contribution in [0.25, 0.3) is 0 Å². The van der Waals surface area contributed by atoms with Crippen LogP contribution in [0.4, 0.5) is 13.2 Å². The molecule has 1 unspecified atom stereocenters. The molecule has 10 heteroatoms. The topological polar surface area (TPSA) is 67.7 Å². The van der Waals surface area contributed by atoms with Crippen LogP contribution in [-0.4, -0.2) is 70.6 Å². The number of carbonyl (C=O) groups excluding carboxylic acids is 2. The molecule has 1 aromatic heterocycles. The molecule has 0 spiro atoms. The number of piperidine rings is 1. The van der Waals surface area contributed by atoms with Gasteiger partial charge in [-0.1, -0.05) is 0 Å². The number of hydrogen-bond acceptors (Lipinski definition) is 5.